The molecule has 0 spiro atoms. The van der Waals surface area contributed by atoms with Crippen LogP contribution >= 0.6 is 0 Å². The normalized spacial score (nSPS) is 23.3. The van der Waals surface area contributed by atoms with Crippen LogP contribution in [0.5, 0.6) is 0 Å². The van der Waals surface area contributed by atoms with Gasteiger partial charge in [-0.2, -0.15) is 0 Å². The van der Waals surface area contributed by atoms with E-state index in [1.54, 1.807) is 6.33 Å². The Labute approximate surface area is 115 Å². The van der Waals surface area contributed by atoms with Gasteiger partial charge in [-0.25, -0.2) is 9.97 Å². The van der Waals surface area contributed by atoms with Crippen LogP contribution in [0.15, 0.2) is 12.4 Å². The van der Waals surface area contributed by atoms with E-state index in [2.05, 4.69) is 40.1 Å². The predicted molar refractivity (Wildman–Crippen MR) is 77.5 cm³/mol. The first-order valence-electron chi connectivity index (χ1n) is 7.56. The lowest BCUT2D eigenvalue weighted by atomic mass is 10.1. The first-order chi connectivity index (χ1) is 9.24. The molecule has 0 amide bonds. The van der Waals surface area contributed by atoms with E-state index >= 15 is 0 Å². The highest BCUT2D eigenvalue weighted by molar-refractivity contribution is 5.42. The van der Waals surface area contributed by atoms with Crippen LogP contribution in [0.2, 0.25) is 0 Å². The van der Waals surface area contributed by atoms with Crippen LogP contribution in [0, 0.1) is 0 Å². The van der Waals surface area contributed by atoms with Crippen molar-refractivity contribution in [1.82, 2.24) is 15.3 Å². The van der Waals surface area contributed by atoms with E-state index in [1.165, 1.54) is 25.7 Å². The van der Waals surface area contributed by atoms with Gasteiger partial charge in [0.05, 0.1) is 0 Å². The van der Waals surface area contributed by atoms with Crippen molar-refractivity contribution < 1.29 is 0 Å². The number of nitrogens with zero attached hydrogens (tertiary/aromatic N) is 3. The van der Waals surface area contributed by atoms with E-state index in [0.717, 1.165) is 30.6 Å². The number of aromatic nitrogens is 2. The molecule has 0 radical (unpaired) electrons. The first-order valence-corrected chi connectivity index (χ1v) is 7.56. The fourth-order valence-corrected chi connectivity index (χ4v) is 2.77. The molecule has 0 bridgehead atoms. The summed E-state index contributed by atoms with van der Waals surface area (Å²) >= 11 is 0. The van der Waals surface area contributed by atoms with Crippen molar-refractivity contribution in [3.8, 4) is 0 Å². The van der Waals surface area contributed by atoms with Crippen LogP contribution in [0.4, 0.5) is 5.82 Å². The number of rotatable bonds is 5. The molecule has 1 unspecified atom stereocenters. The molecule has 1 aromatic heterocycles. The van der Waals surface area contributed by atoms with Gasteiger partial charge in [-0.15, -0.1) is 0 Å². The summed E-state index contributed by atoms with van der Waals surface area (Å²) in [6.45, 7) is 6.60. The van der Waals surface area contributed by atoms with E-state index in [0.29, 0.717) is 12.0 Å². The molecule has 0 aromatic carbocycles. The van der Waals surface area contributed by atoms with Crippen molar-refractivity contribution in [3.05, 3.63) is 18.1 Å². The van der Waals surface area contributed by atoms with E-state index < -0.39 is 0 Å². The van der Waals surface area contributed by atoms with E-state index in [-0.39, 0.29) is 0 Å². The highest BCUT2D eigenvalue weighted by Gasteiger charge is 2.28. The lowest BCUT2D eigenvalue weighted by Gasteiger charge is -2.26. The van der Waals surface area contributed by atoms with Gasteiger partial charge in [0.25, 0.3) is 0 Å². The molecular formula is C15H24N4. The molecule has 1 saturated carbocycles. The summed E-state index contributed by atoms with van der Waals surface area (Å²) in [5.74, 6) is 1.58. The minimum Gasteiger partial charge on any atom is -0.352 e. The van der Waals surface area contributed by atoms with Crippen molar-refractivity contribution >= 4 is 5.82 Å². The summed E-state index contributed by atoms with van der Waals surface area (Å²) in [5, 5.41) is 3.65. The summed E-state index contributed by atoms with van der Waals surface area (Å²) in [7, 11) is 0. The zero-order valence-corrected chi connectivity index (χ0v) is 12.0. The average Bonchev–Trinajstić information content (AvgIpc) is 3.13. The van der Waals surface area contributed by atoms with Crippen molar-refractivity contribution in [2.75, 3.05) is 18.0 Å². The van der Waals surface area contributed by atoms with Crippen molar-refractivity contribution in [2.45, 2.75) is 57.5 Å². The van der Waals surface area contributed by atoms with Crippen molar-refractivity contribution in [3.63, 3.8) is 0 Å². The van der Waals surface area contributed by atoms with Gasteiger partial charge in [0.1, 0.15) is 12.1 Å². The van der Waals surface area contributed by atoms with Crippen molar-refractivity contribution in [2.24, 2.45) is 0 Å². The zero-order chi connectivity index (χ0) is 13.2. The van der Waals surface area contributed by atoms with Gasteiger partial charge in [-0.1, -0.05) is 13.8 Å². The summed E-state index contributed by atoms with van der Waals surface area (Å²) in [5.41, 5.74) is 1.14. The Morgan fingerprint density at radius 2 is 2.16 bits per heavy atom. The smallest absolute Gasteiger partial charge is 0.132 e. The monoisotopic (exact) mass is 260 g/mol. The molecule has 2 fully saturated rings. The Kier molecular flexibility index (Phi) is 3.69. The SMILES string of the molecule is CC(C)c1cc(N2CCCC2CNC2CC2)ncn1. The molecule has 2 aliphatic rings. The molecule has 1 aliphatic carbocycles. The Balaban J connectivity index is 1.69. The van der Waals surface area contributed by atoms with Gasteiger partial charge >= 0.3 is 0 Å². The second kappa shape index (κ2) is 5.45. The third-order valence-corrected chi connectivity index (χ3v) is 4.16. The fourth-order valence-electron chi connectivity index (χ4n) is 2.77. The fraction of sp³-hybridized carbons (Fsp3) is 0.733. The van der Waals surface area contributed by atoms with E-state index in [9.17, 15) is 0 Å². The molecule has 1 N–H and O–H groups in total. The third kappa shape index (κ3) is 3.06. The molecule has 3 rings (SSSR count). The summed E-state index contributed by atoms with van der Waals surface area (Å²) in [6, 6.07) is 3.56. The van der Waals surface area contributed by atoms with Gasteiger partial charge in [0.2, 0.25) is 0 Å². The minimum absolute atomic E-state index is 0.465. The summed E-state index contributed by atoms with van der Waals surface area (Å²) < 4.78 is 0. The van der Waals surface area contributed by atoms with E-state index in [1.807, 2.05) is 0 Å². The zero-order valence-electron chi connectivity index (χ0n) is 12.0. The second-order valence-corrected chi connectivity index (χ2v) is 6.13. The third-order valence-electron chi connectivity index (χ3n) is 4.16. The van der Waals surface area contributed by atoms with Crippen LogP contribution in [0.3, 0.4) is 0 Å². The molecule has 1 atom stereocenters. The van der Waals surface area contributed by atoms with Gasteiger partial charge in [-0.3, -0.25) is 0 Å². The van der Waals surface area contributed by atoms with Crippen LogP contribution in [0.1, 0.15) is 51.1 Å². The number of nitrogens with one attached hydrogen (secondary N) is 1. The van der Waals surface area contributed by atoms with Crippen LogP contribution < -0.4 is 10.2 Å². The Hall–Kier alpha value is -1.16. The average molecular weight is 260 g/mol. The Morgan fingerprint density at radius 1 is 1.32 bits per heavy atom. The first kappa shape index (κ1) is 12.9. The number of hydrogen-bond donors (Lipinski definition) is 1. The Morgan fingerprint density at radius 3 is 2.89 bits per heavy atom. The molecule has 19 heavy (non-hydrogen) atoms. The van der Waals surface area contributed by atoms with E-state index in [4.69, 9.17) is 0 Å². The molecular weight excluding hydrogens is 236 g/mol. The number of hydrogen-bond acceptors (Lipinski definition) is 4. The van der Waals surface area contributed by atoms with Gasteiger partial charge < -0.3 is 10.2 Å². The Bertz CT molecular complexity index is 428. The molecule has 104 valence electrons. The maximum Gasteiger partial charge on any atom is 0.132 e. The molecule has 1 saturated heterocycles. The van der Waals surface area contributed by atoms with Crippen molar-refractivity contribution in [1.29, 1.82) is 0 Å². The highest BCUT2D eigenvalue weighted by atomic mass is 15.2. The summed E-state index contributed by atoms with van der Waals surface area (Å²) in [6.07, 6.45) is 6.99. The standard InChI is InChI=1S/C15H24N4/c1-11(2)14-8-15(18-10-17-14)19-7-3-4-13(19)9-16-12-5-6-12/h8,10-13,16H,3-7,9H2,1-2H3. The van der Waals surface area contributed by atoms with Gasteiger partial charge in [-0.05, 0) is 31.6 Å². The highest BCUT2D eigenvalue weighted by Crippen LogP contribution is 2.26. The second-order valence-electron chi connectivity index (χ2n) is 6.13. The largest absolute Gasteiger partial charge is 0.352 e. The van der Waals surface area contributed by atoms with Crippen LogP contribution in [-0.2, 0) is 0 Å². The molecule has 4 nitrogen and oxygen atoms in total. The predicted octanol–water partition coefficient (Wildman–Crippen LogP) is 2.32. The summed E-state index contributed by atoms with van der Waals surface area (Å²) in [4.78, 5) is 11.3. The number of anilines is 1. The molecule has 2 heterocycles. The van der Waals surface area contributed by atoms with Gasteiger partial charge in [0, 0.05) is 36.9 Å². The lowest BCUT2D eigenvalue weighted by molar-refractivity contribution is 0.568. The molecule has 4 heteroatoms. The molecule has 1 aliphatic heterocycles. The van der Waals surface area contributed by atoms with Crippen LogP contribution in [-0.4, -0.2) is 35.1 Å². The minimum atomic E-state index is 0.465. The lowest BCUT2D eigenvalue weighted by Crippen LogP contribution is -2.39. The molecule has 1 aromatic rings. The maximum atomic E-state index is 4.48. The quantitative estimate of drug-likeness (QED) is 0.882. The topological polar surface area (TPSA) is 41.0 Å². The van der Waals surface area contributed by atoms with Crippen LogP contribution in [0.25, 0.3) is 0 Å². The van der Waals surface area contributed by atoms with Gasteiger partial charge in [0.15, 0.2) is 0 Å². The maximum absolute atomic E-state index is 4.48.